The standard InChI is InChI=1S/C23H24F3N3O2/c1-21(23(8-9-23)29-19(30)14-3-5-16(24)6-4-14)12-22(2,13-21)28-20(31)17-11-15(18(25)26)7-10-27-17/h3-7,10-11,18H,8-9,12-13H2,1-2H3,(H,28,31)(H,29,30). The Labute approximate surface area is 178 Å². The van der Waals surface area contributed by atoms with E-state index < -0.39 is 23.7 Å². The van der Waals surface area contributed by atoms with Crippen molar-refractivity contribution >= 4 is 11.8 Å². The van der Waals surface area contributed by atoms with Gasteiger partial charge in [0.15, 0.2) is 0 Å². The van der Waals surface area contributed by atoms with Crippen molar-refractivity contribution in [1.29, 1.82) is 0 Å². The Morgan fingerprint density at radius 1 is 1.00 bits per heavy atom. The Hall–Kier alpha value is -2.90. The fourth-order valence-electron chi connectivity index (χ4n) is 5.04. The Morgan fingerprint density at radius 3 is 2.23 bits per heavy atom. The van der Waals surface area contributed by atoms with Gasteiger partial charge < -0.3 is 10.6 Å². The lowest BCUT2D eigenvalue weighted by Gasteiger charge is -2.57. The molecule has 0 atom stereocenters. The van der Waals surface area contributed by atoms with Gasteiger partial charge in [-0.3, -0.25) is 14.6 Å². The SMILES string of the molecule is CC1(NC(=O)c2cc(C(F)F)ccn2)CC(C)(C2(NC(=O)c3ccc(F)cc3)CC2)C1. The van der Waals surface area contributed by atoms with Crippen molar-refractivity contribution in [2.75, 3.05) is 0 Å². The summed E-state index contributed by atoms with van der Waals surface area (Å²) in [6.45, 7) is 3.98. The van der Waals surface area contributed by atoms with Crippen molar-refractivity contribution in [2.45, 2.75) is 57.0 Å². The first kappa shape index (κ1) is 21.3. The molecule has 2 fully saturated rings. The predicted molar refractivity (Wildman–Crippen MR) is 108 cm³/mol. The number of carbonyl (C=O) groups is 2. The molecule has 1 heterocycles. The zero-order valence-corrected chi connectivity index (χ0v) is 17.3. The molecule has 2 aliphatic carbocycles. The predicted octanol–water partition coefficient (Wildman–Crippen LogP) is 4.41. The minimum absolute atomic E-state index is 0.0432. The minimum atomic E-state index is -2.67. The van der Waals surface area contributed by atoms with E-state index in [1.807, 2.05) is 6.92 Å². The van der Waals surface area contributed by atoms with Gasteiger partial charge in [-0.25, -0.2) is 13.2 Å². The molecule has 0 unspecified atom stereocenters. The van der Waals surface area contributed by atoms with Gasteiger partial charge in [0.2, 0.25) is 0 Å². The summed E-state index contributed by atoms with van der Waals surface area (Å²) in [6.07, 6.45) is 1.45. The van der Waals surface area contributed by atoms with E-state index in [-0.39, 0.29) is 28.1 Å². The van der Waals surface area contributed by atoms with Crippen molar-refractivity contribution in [1.82, 2.24) is 15.6 Å². The van der Waals surface area contributed by atoms with Crippen LogP contribution in [-0.2, 0) is 0 Å². The number of nitrogens with zero attached hydrogens (tertiary/aromatic N) is 1. The van der Waals surface area contributed by atoms with Crippen molar-refractivity contribution < 1.29 is 22.8 Å². The van der Waals surface area contributed by atoms with Gasteiger partial charge in [0.1, 0.15) is 11.5 Å². The van der Waals surface area contributed by atoms with E-state index in [0.29, 0.717) is 18.4 Å². The molecule has 2 N–H and O–H groups in total. The van der Waals surface area contributed by atoms with Gasteiger partial charge in [-0.2, -0.15) is 0 Å². The molecular formula is C23H24F3N3O2. The van der Waals surface area contributed by atoms with E-state index in [2.05, 4.69) is 22.5 Å². The molecule has 1 aromatic heterocycles. The van der Waals surface area contributed by atoms with E-state index in [1.165, 1.54) is 36.5 Å². The number of carbonyl (C=O) groups excluding carboxylic acids is 2. The van der Waals surface area contributed by atoms with Crippen LogP contribution in [0.1, 0.15) is 72.4 Å². The number of hydrogen-bond donors (Lipinski definition) is 2. The van der Waals surface area contributed by atoms with E-state index in [4.69, 9.17) is 0 Å². The van der Waals surface area contributed by atoms with E-state index >= 15 is 0 Å². The van der Waals surface area contributed by atoms with Crippen LogP contribution in [0.25, 0.3) is 0 Å². The lowest BCUT2D eigenvalue weighted by atomic mass is 9.54. The van der Waals surface area contributed by atoms with Crippen molar-refractivity contribution in [3.63, 3.8) is 0 Å². The summed E-state index contributed by atoms with van der Waals surface area (Å²) in [6, 6.07) is 7.70. The van der Waals surface area contributed by atoms with Gasteiger partial charge in [0.05, 0.1) is 0 Å². The van der Waals surface area contributed by atoms with Crippen LogP contribution in [0.4, 0.5) is 13.2 Å². The Bertz CT molecular complexity index is 1010. The molecule has 31 heavy (non-hydrogen) atoms. The number of halogens is 3. The lowest BCUT2D eigenvalue weighted by Crippen LogP contribution is -2.66. The van der Waals surface area contributed by atoms with Crippen molar-refractivity contribution in [3.05, 3.63) is 65.2 Å². The molecule has 2 aromatic rings. The van der Waals surface area contributed by atoms with Crippen molar-refractivity contribution in [3.8, 4) is 0 Å². The third kappa shape index (κ3) is 4.03. The normalized spacial score (nSPS) is 26.1. The molecule has 5 nitrogen and oxygen atoms in total. The Balaban J connectivity index is 1.40. The maximum atomic E-state index is 13.1. The van der Waals surface area contributed by atoms with Gasteiger partial charge in [0.25, 0.3) is 18.2 Å². The topological polar surface area (TPSA) is 71.1 Å². The first-order chi connectivity index (χ1) is 14.5. The summed E-state index contributed by atoms with van der Waals surface area (Å²) < 4.78 is 38.9. The molecule has 0 aliphatic heterocycles. The highest BCUT2D eigenvalue weighted by Crippen LogP contribution is 2.63. The second-order valence-electron chi connectivity index (χ2n) is 9.25. The van der Waals surface area contributed by atoms with Crippen LogP contribution in [0, 0.1) is 11.2 Å². The molecule has 8 heteroatoms. The maximum absolute atomic E-state index is 13.1. The summed E-state index contributed by atoms with van der Waals surface area (Å²) in [4.78, 5) is 29.1. The van der Waals surface area contributed by atoms with Crippen LogP contribution in [0.15, 0.2) is 42.6 Å². The third-order valence-electron chi connectivity index (χ3n) is 6.61. The first-order valence-electron chi connectivity index (χ1n) is 10.2. The van der Waals surface area contributed by atoms with Crippen LogP contribution in [0.3, 0.4) is 0 Å². The van der Waals surface area contributed by atoms with Crippen molar-refractivity contribution in [2.24, 2.45) is 5.41 Å². The van der Waals surface area contributed by atoms with E-state index in [0.717, 1.165) is 18.9 Å². The number of aromatic nitrogens is 1. The molecule has 1 aromatic carbocycles. The lowest BCUT2D eigenvalue weighted by molar-refractivity contribution is -0.0115. The quantitative estimate of drug-likeness (QED) is 0.712. The zero-order chi connectivity index (χ0) is 22.4. The van der Waals surface area contributed by atoms with Gasteiger partial charge in [0, 0.05) is 28.4 Å². The summed E-state index contributed by atoms with van der Waals surface area (Å²) in [5.41, 5.74) is -0.997. The minimum Gasteiger partial charge on any atom is -0.346 e. The summed E-state index contributed by atoms with van der Waals surface area (Å²) in [7, 11) is 0. The number of hydrogen-bond acceptors (Lipinski definition) is 3. The van der Waals surface area contributed by atoms with Crippen LogP contribution in [-0.4, -0.2) is 27.9 Å². The van der Waals surface area contributed by atoms with Gasteiger partial charge >= 0.3 is 0 Å². The molecule has 2 saturated carbocycles. The highest BCUT2D eigenvalue weighted by Gasteiger charge is 2.66. The van der Waals surface area contributed by atoms with Gasteiger partial charge in [-0.05, 0) is 74.4 Å². The Kier molecular flexibility index (Phi) is 5.06. The van der Waals surface area contributed by atoms with E-state index in [9.17, 15) is 22.8 Å². The largest absolute Gasteiger partial charge is 0.346 e. The number of pyridine rings is 1. The van der Waals surface area contributed by atoms with E-state index in [1.54, 1.807) is 0 Å². The molecule has 0 saturated heterocycles. The summed E-state index contributed by atoms with van der Waals surface area (Å²) in [5, 5.41) is 6.04. The highest BCUT2D eigenvalue weighted by atomic mass is 19.3. The van der Waals surface area contributed by atoms with Crippen LogP contribution in [0.2, 0.25) is 0 Å². The smallest absolute Gasteiger partial charge is 0.270 e. The molecule has 2 amide bonds. The van der Waals surface area contributed by atoms with Crippen LogP contribution >= 0.6 is 0 Å². The summed E-state index contributed by atoms with van der Waals surface area (Å²) in [5.74, 6) is -1.14. The maximum Gasteiger partial charge on any atom is 0.270 e. The fourth-order valence-corrected chi connectivity index (χ4v) is 5.04. The molecule has 4 rings (SSSR count). The molecule has 0 bridgehead atoms. The van der Waals surface area contributed by atoms with Gasteiger partial charge in [-0.15, -0.1) is 0 Å². The molecule has 2 aliphatic rings. The first-order valence-corrected chi connectivity index (χ1v) is 10.2. The number of rotatable bonds is 6. The monoisotopic (exact) mass is 431 g/mol. The fraction of sp³-hybridized carbons (Fsp3) is 0.435. The molecule has 0 radical (unpaired) electrons. The number of amides is 2. The van der Waals surface area contributed by atoms with Gasteiger partial charge in [-0.1, -0.05) is 6.92 Å². The second kappa shape index (κ2) is 7.35. The number of nitrogens with one attached hydrogen (secondary N) is 2. The summed E-state index contributed by atoms with van der Waals surface area (Å²) >= 11 is 0. The average molecular weight is 431 g/mol. The number of alkyl halides is 2. The zero-order valence-electron chi connectivity index (χ0n) is 17.3. The molecular weight excluding hydrogens is 407 g/mol. The number of benzene rings is 1. The third-order valence-corrected chi connectivity index (χ3v) is 6.61. The average Bonchev–Trinajstić information content (AvgIpc) is 3.48. The van der Waals surface area contributed by atoms with Crippen LogP contribution in [0.5, 0.6) is 0 Å². The second-order valence-corrected chi connectivity index (χ2v) is 9.25. The van der Waals surface area contributed by atoms with Crippen LogP contribution < -0.4 is 10.6 Å². The molecule has 164 valence electrons. The Morgan fingerprint density at radius 2 is 1.65 bits per heavy atom. The molecule has 0 spiro atoms. The highest BCUT2D eigenvalue weighted by molar-refractivity contribution is 5.95.